The molecule has 0 aliphatic heterocycles. The summed E-state index contributed by atoms with van der Waals surface area (Å²) in [5, 5.41) is 2.75. The van der Waals surface area contributed by atoms with Crippen LogP contribution in [0.2, 0.25) is 0 Å². The number of rotatable bonds is 3. The second kappa shape index (κ2) is 5.10. The van der Waals surface area contributed by atoms with E-state index in [9.17, 15) is 8.78 Å². The average Bonchev–Trinajstić information content (AvgIpc) is 2.62. The zero-order valence-electron chi connectivity index (χ0n) is 8.93. The average molecular weight is 319 g/mol. The number of nitrogens with zero attached hydrogens (tertiary/aromatic N) is 1. The van der Waals surface area contributed by atoms with Crippen molar-refractivity contribution >= 4 is 33.0 Å². The summed E-state index contributed by atoms with van der Waals surface area (Å²) in [5.74, 6) is -1.22. The maximum Gasteiger partial charge on any atom is 0.150 e. The van der Waals surface area contributed by atoms with Crippen LogP contribution in [-0.4, -0.2) is 4.98 Å². The molecule has 0 bridgehead atoms. The Morgan fingerprint density at radius 2 is 2.00 bits per heavy atom. The zero-order chi connectivity index (χ0) is 12.4. The molecule has 1 heterocycles. The maximum absolute atomic E-state index is 13.5. The number of benzene rings is 1. The van der Waals surface area contributed by atoms with Gasteiger partial charge in [-0.3, -0.25) is 0 Å². The molecule has 90 valence electrons. The van der Waals surface area contributed by atoms with Crippen molar-refractivity contribution in [3.8, 4) is 0 Å². The van der Waals surface area contributed by atoms with Gasteiger partial charge < -0.3 is 5.32 Å². The number of aromatic nitrogens is 1. The fourth-order valence-corrected chi connectivity index (χ4v) is 2.49. The van der Waals surface area contributed by atoms with Gasteiger partial charge in [0.15, 0.2) is 0 Å². The van der Waals surface area contributed by atoms with E-state index in [1.54, 1.807) is 5.51 Å². The predicted molar refractivity (Wildman–Crippen MR) is 68.2 cm³/mol. The first-order chi connectivity index (χ1) is 8.08. The molecular formula is C11H9BrF2N2S. The summed E-state index contributed by atoms with van der Waals surface area (Å²) in [6.07, 6.45) is 0. The highest BCUT2D eigenvalue weighted by molar-refractivity contribution is 9.10. The molecule has 0 fully saturated rings. The van der Waals surface area contributed by atoms with Crippen LogP contribution < -0.4 is 5.32 Å². The van der Waals surface area contributed by atoms with E-state index in [1.807, 2.05) is 6.92 Å². The van der Waals surface area contributed by atoms with Gasteiger partial charge in [-0.2, -0.15) is 0 Å². The molecule has 0 atom stereocenters. The Morgan fingerprint density at radius 1 is 1.35 bits per heavy atom. The summed E-state index contributed by atoms with van der Waals surface area (Å²) >= 11 is 4.49. The topological polar surface area (TPSA) is 24.9 Å². The van der Waals surface area contributed by atoms with Crippen LogP contribution in [0.3, 0.4) is 0 Å². The molecule has 2 aromatic rings. The largest absolute Gasteiger partial charge is 0.375 e. The summed E-state index contributed by atoms with van der Waals surface area (Å²) in [6.45, 7) is 2.23. The second-order valence-electron chi connectivity index (χ2n) is 3.46. The third-order valence-electron chi connectivity index (χ3n) is 2.28. The van der Waals surface area contributed by atoms with Gasteiger partial charge in [-0.05, 0) is 19.1 Å². The lowest BCUT2D eigenvalue weighted by Gasteiger charge is -2.08. The molecule has 2 nitrogen and oxygen atoms in total. The van der Waals surface area contributed by atoms with Crippen molar-refractivity contribution < 1.29 is 8.78 Å². The predicted octanol–water partition coefficient (Wildman–Crippen LogP) is 4.10. The van der Waals surface area contributed by atoms with E-state index in [1.165, 1.54) is 23.5 Å². The Morgan fingerprint density at radius 3 is 2.53 bits per heavy atom. The molecule has 2 rings (SSSR count). The van der Waals surface area contributed by atoms with Crippen molar-refractivity contribution in [2.24, 2.45) is 0 Å². The molecule has 0 radical (unpaired) electrons. The lowest BCUT2D eigenvalue weighted by Crippen LogP contribution is -2.03. The minimum absolute atomic E-state index is 0.110. The number of thiazole rings is 1. The maximum atomic E-state index is 13.5. The molecule has 0 spiro atoms. The summed E-state index contributed by atoms with van der Waals surface area (Å²) in [6, 6.07) is 2.45. The molecule has 1 aromatic carbocycles. The summed E-state index contributed by atoms with van der Waals surface area (Å²) in [4.78, 5) is 5.04. The SMILES string of the molecule is Cc1ncsc1CNc1c(F)cc(Br)cc1F. The number of hydrogen-bond acceptors (Lipinski definition) is 3. The molecule has 0 saturated heterocycles. The fourth-order valence-electron chi connectivity index (χ4n) is 1.38. The summed E-state index contributed by atoms with van der Waals surface area (Å²) < 4.78 is 27.4. The van der Waals surface area contributed by atoms with E-state index in [0.29, 0.717) is 11.0 Å². The summed E-state index contributed by atoms with van der Waals surface area (Å²) in [5.41, 5.74) is 2.47. The van der Waals surface area contributed by atoms with Crippen LogP contribution in [0.1, 0.15) is 10.6 Å². The van der Waals surface area contributed by atoms with Gasteiger partial charge in [-0.1, -0.05) is 15.9 Å². The van der Waals surface area contributed by atoms with Gasteiger partial charge in [0, 0.05) is 9.35 Å². The molecule has 1 N–H and O–H groups in total. The monoisotopic (exact) mass is 318 g/mol. The molecule has 0 aliphatic carbocycles. The number of halogens is 3. The fraction of sp³-hybridized carbons (Fsp3) is 0.182. The third kappa shape index (κ3) is 2.81. The van der Waals surface area contributed by atoms with Crippen LogP contribution in [0.4, 0.5) is 14.5 Å². The Kier molecular flexibility index (Phi) is 3.73. The Labute approximate surface area is 110 Å². The molecule has 17 heavy (non-hydrogen) atoms. The summed E-state index contributed by atoms with van der Waals surface area (Å²) in [7, 11) is 0. The minimum Gasteiger partial charge on any atom is -0.375 e. The molecule has 0 amide bonds. The molecule has 0 aliphatic rings. The van der Waals surface area contributed by atoms with Crippen molar-refractivity contribution in [1.82, 2.24) is 4.98 Å². The van der Waals surface area contributed by atoms with Crippen LogP contribution in [0.5, 0.6) is 0 Å². The van der Waals surface area contributed by atoms with Gasteiger partial charge in [0.2, 0.25) is 0 Å². The van der Waals surface area contributed by atoms with Gasteiger partial charge in [-0.25, -0.2) is 13.8 Å². The lowest BCUT2D eigenvalue weighted by molar-refractivity contribution is 0.586. The smallest absolute Gasteiger partial charge is 0.150 e. The van der Waals surface area contributed by atoms with Crippen molar-refractivity contribution in [3.63, 3.8) is 0 Å². The van der Waals surface area contributed by atoms with Crippen molar-refractivity contribution in [3.05, 3.63) is 44.3 Å². The third-order valence-corrected chi connectivity index (χ3v) is 3.67. The number of hydrogen-bond donors (Lipinski definition) is 1. The quantitative estimate of drug-likeness (QED) is 0.921. The molecular weight excluding hydrogens is 310 g/mol. The van der Waals surface area contributed by atoms with E-state index in [2.05, 4.69) is 26.2 Å². The van der Waals surface area contributed by atoms with Gasteiger partial charge in [0.05, 0.1) is 17.7 Å². The number of nitrogens with one attached hydrogen (secondary N) is 1. The van der Waals surface area contributed by atoms with Gasteiger partial charge >= 0.3 is 0 Å². The van der Waals surface area contributed by atoms with Gasteiger partial charge in [-0.15, -0.1) is 11.3 Å². The lowest BCUT2D eigenvalue weighted by atomic mass is 10.3. The van der Waals surface area contributed by atoms with Crippen molar-refractivity contribution in [1.29, 1.82) is 0 Å². The highest BCUT2D eigenvalue weighted by Crippen LogP contribution is 2.25. The normalized spacial score (nSPS) is 10.6. The minimum atomic E-state index is -0.612. The Bertz CT molecular complexity index is 519. The first-order valence-corrected chi connectivity index (χ1v) is 6.52. The number of aryl methyl sites for hydroxylation is 1. The molecule has 6 heteroatoms. The first kappa shape index (κ1) is 12.4. The van der Waals surface area contributed by atoms with Crippen LogP contribution >= 0.6 is 27.3 Å². The highest BCUT2D eigenvalue weighted by Gasteiger charge is 2.11. The van der Waals surface area contributed by atoms with E-state index in [4.69, 9.17) is 0 Å². The van der Waals surface area contributed by atoms with Crippen LogP contribution in [-0.2, 0) is 6.54 Å². The molecule has 1 aromatic heterocycles. The Balaban J connectivity index is 2.17. The van der Waals surface area contributed by atoms with E-state index < -0.39 is 11.6 Å². The van der Waals surface area contributed by atoms with Gasteiger partial charge in [0.1, 0.15) is 17.3 Å². The van der Waals surface area contributed by atoms with Crippen molar-refractivity contribution in [2.45, 2.75) is 13.5 Å². The van der Waals surface area contributed by atoms with Crippen LogP contribution in [0.15, 0.2) is 22.1 Å². The first-order valence-electron chi connectivity index (χ1n) is 4.85. The zero-order valence-corrected chi connectivity index (χ0v) is 11.3. The van der Waals surface area contributed by atoms with Gasteiger partial charge in [0.25, 0.3) is 0 Å². The standard InChI is InChI=1S/C11H9BrF2N2S/c1-6-10(17-5-16-6)4-15-11-8(13)2-7(12)3-9(11)14/h2-3,5,15H,4H2,1H3. The van der Waals surface area contributed by atoms with E-state index in [0.717, 1.165) is 10.6 Å². The van der Waals surface area contributed by atoms with E-state index >= 15 is 0 Å². The highest BCUT2D eigenvalue weighted by atomic mass is 79.9. The van der Waals surface area contributed by atoms with Crippen molar-refractivity contribution in [2.75, 3.05) is 5.32 Å². The van der Waals surface area contributed by atoms with E-state index in [-0.39, 0.29) is 5.69 Å². The molecule has 0 saturated carbocycles. The van der Waals surface area contributed by atoms with Crippen LogP contribution in [0.25, 0.3) is 0 Å². The number of anilines is 1. The second-order valence-corrected chi connectivity index (χ2v) is 5.31. The Hall–Kier alpha value is -1.01. The molecule has 0 unspecified atom stereocenters. The van der Waals surface area contributed by atoms with Crippen LogP contribution in [0, 0.1) is 18.6 Å².